The highest BCUT2D eigenvalue weighted by atomic mass is 15.2. The number of allylic oxidation sites excluding steroid dienone is 4. The van der Waals surface area contributed by atoms with Crippen LogP contribution in [0.4, 0.5) is 11.4 Å². The molecule has 3 aliphatic carbocycles. The first-order chi connectivity index (χ1) is 16.8. The van der Waals surface area contributed by atoms with Crippen LogP contribution in [0, 0.1) is 0 Å². The first kappa shape index (κ1) is 17.9. The molecule has 3 aromatic rings. The predicted octanol–water partition coefficient (Wildman–Crippen LogP) is 5.53. The smallest absolute Gasteiger partial charge is 0.251 e. The van der Waals surface area contributed by atoms with Gasteiger partial charge >= 0.3 is 0 Å². The van der Waals surface area contributed by atoms with E-state index >= 15 is 0 Å². The van der Waals surface area contributed by atoms with Crippen molar-refractivity contribution < 1.29 is 0 Å². The molecule has 162 valence electrons. The Kier molecular flexibility index (Phi) is 3.15. The Morgan fingerprint density at radius 1 is 1.00 bits per heavy atom. The molecule has 2 unspecified atom stereocenters. The lowest BCUT2D eigenvalue weighted by Gasteiger charge is -2.42. The zero-order valence-electron chi connectivity index (χ0n) is 19.3. The van der Waals surface area contributed by atoms with Gasteiger partial charge in [0.2, 0.25) is 0 Å². The number of anilines is 2. The number of hydrogen-bond acceptors (Lipinski definition) is 1. The maximum absolute atomic E-state index is 2.66. The zero-order valence-corrected chi connectivity index (χ0v) is 19.3. The van der Waals surface area contributed by atoms with E-state index in [0.29, 0.717) is 24.6 Å². The Hall–Kier alpha value is -3.46. The summed E-state index contributed by atoms with van der Waals surface area (Å²) in [6, 6.07) is 14.5. The number of hydrogen-bond donors (Lipinski definition) is 0. The summed E-state index contributed by atoms with van der Waals surface area (Å²) < 4.78 is 2.64. The van der Waals surface area contributed by atoms with Crippen LogP contribution in [0.3, 0.4) is 0 Å². The first-order valence-electron chi connectivity index (χ1n) is 12.9. The van der Waals surface area contributed by atoms with Crippen LogP contribution >= 0.6 is 0 Å². The molecule has 4 heterocycles. The van der Waals surface area contributed by atoms with Gasteiger partial charge < -0.3 is 9.47 Å². The van der Waals surface area contributed by atoms with Gasteiger partial charge in [0, 0.05) is 34.4 Å². The molecule has 3 atom stereocenters. The monoisotopic (exact) mass is 436 g/mol. The number of nitrogens with zero attached hydrogens (tertiary/aromatic N) is 2. The molecule has 34 heavy (non-hydrogen) atoms. The van der Waals surface area contributed by atoms with Crippen molar-refractivity contribution in [1.29, 1.82) is 0 Å². The maximum Gasteiger partial charge on any atom is 0.251 e. The van der Waals surface area contributed by atoms with E-state index in [1.807, 2.05) is 0 Å². The van der Waals surface area contributed by atoms with Crippen LogP contribution in [0.5, 0.6) is 0 Å². The van der Waals surface area contributed by atoms with Gasteiger partial charge in [0.1, 0.15) is 0 Å². The maximum atomic E-state index is 2.66. The summed E-state index contributed by atoms with van der Waals surface area (Å²) in [5.74, 6) is 1.02. The van der Waals surface area contributed by atoms with Crippen molar-refractivity contribution in [2.75, 3.05) is 4.90 Å². The van der Waals surface area contributed by atoms with Gasteiger partial charge in [-0.05, 0) is 76.5 Å². The van der Waals surface area contributed by atoms with Crippen molar-refractivity contribution in [2.45, 2.75) is 44.1 Å². The second-order valence-corrected chi connectivity index (χ2v) is 10.8. The molecule has 2 nitrogen and oxygen atoms in total. The molecule has 0 amide bonds. The molecule has 3 aliphatic heterocycles. The second-order valence-electron chi connectivity index (χ2n) is 10.8. The summed E-state index contributed by atoms with van der Waals surface area (Å²) in [5.41, 5.74) is 16.5. The Morgan fingerprint density at radius 2 is 1.88 bits per heavy atom. The van der Waals surface area contributed by atoms with Crippen molar-refractivity contribution in [3.05, 3.63) is 101 Å². The van der Waals surface area contributed by atoms with Gasteiger partial charge in [-0.15, -0.1) is 0 Å². The van der Waals surface area contributed by atoms with Crippen molar-refractivity contribution in [3.8, 4) is 5.69 Å². The van der Waals surface area contributed by atoms with Gasteiger partial charge in [-0.3, -0.25) is 0 Å². The fraction of sp³-hybridized carbons (Fsp3) is 0.226. The summed E-state index contributed by atoms with van der Waals surface area (Å²) in [6.45, 7) is 2.75. The van der Waals surface area contributed by atoms with Crippen LogP contribution in [-0.4, -0.2) is 17.3 Å². The van der Waals surface area contributed by atoms with E-state index in [9.17, 15) is 0 Å². The van der Waals surface area contributed by atoms with Gasteiger partial charge in [0.25, 0.3) is 6.71 Å². The van der Waals surface area contributed by atoms with Crippen LogP contribution in [0.2, 0.25) is 0 Å². The molecular weight excluding hydrogens is 411 g/mol. The minimum atomic E-state index is 0.324. The van der Waals surface area contributed by atoms with Gasteiger partial charge in [0.05, 0.1) is 6.04 Å². The van der Waals surface area contributed by atoms with E-state index in [0.717, 1.165) is 12.8 Å². The largest absolute Gasteiger partial charge is 0.334 e. The molecule has 9 rings (SSSR count). The Bertz CT molecular complexity index is 1580. The summed E-state index contributed by atoms with van der Waals surface area (Å²) in [5, 5.41) is 0. The molecule has 6 aliphatic rings. The summed E-state index contributed by atoms with van der Waals surface area (Å²) >= 11 is 0. The average Bonchev–Trinajstić information content (AvgIpc) is 3.41. The normalized spacial score (nSPS) is 25.4. The SMILES string of the molecule is C[C@H]1CC=C2B3c4cccc5c4N(c4cccc(c43)-n3c4c(c1c32)CCC=C4)C1C=CC=CC51. The Morgan fingerprint density at radius 3 is 2.85 bits per heavy atom. The molecule has 0 fully saturated rings. The number of benzene rings is 2. The Balaban J connectivity index is 1.43. The minimum absolute atomic E-state index is 0.324. The third-order valence-corrected chi connectivity index (χ3v) is 9.22. The van der Waals surface area contributed by atoms with Crippen LogP contribution in [-0.2, 0) is 6.42 Å². The molecule has 0 bridgehead atoms. The summed E-state index contributed by atoms with van der Waals surface area (Å²) in [6.07, 6.45) is 20.1. The van der Waals surface area contributed by atoms with Crippen LogP contribution < -0.4 is 15.8 Å². The topological polar surface area (TPSA) is 8.17 Å². The third kappa shape index (κ3) is 1.87. The number of aromatic nitrogens is 1. The van der Waals surface area contributed by atoms with Crippen molar-refractivity contribution in [2.24, 2.45) is 0 Å². The Labute approximate surface area is 200 Å². The van der Waals surface area contributed by atoms with E-state index in [4.69, 9.17) is 0 Å². The van der Waals surface area contributed by atoms with Crippen molar-refractivity contribution >= 4 is 40.6 Å². The molecule has 0 saturated carbocycles. The van der Waals surface area contributed by atoms with Gasteiger partial charge in [-0.2, -0.15) is 0 Å². The highest BCUT2D eigenvalue weighted by molar-refractivity contribution is 7.02. The van der Waals surface area contributed by atoms with Crippen LogP contribution in [0.15, 0.2) is 72.9 Å². The molecule has 3 heteroatoms. The lowest BCUT2D eigenvalue weighted by Crippen LogP contribution is -2.56. The fourth-order valence-corrected chi connectivity index (χ4v) is 8.00. The molecule has 0 saturated heterocycles. The molecular formula is C31H25BN2. The molecule has 0 N–H and O–H groups in total. The second kappa shape index (κ2) is 5.96. The van der Waals surface area contributed by atoms with Crippen LogP contribution in [0.25, 0.3) is 17.2 Å². The average molecular weight is 436 g/mol. The van der Waals surface area contributed by atoms with E-state index in [2.05, 4.69) is 95.3 Å². The number of rotatable bonds is 0. The number of para-hydroxylation sites is 1. The fourth-order valence-electron chi connectivity index (χ4n) is 8.00. The highest BCUT2D eigenvalue weighted by Crippen LogP contribution is 2.52. The predicted molar refractivity (Wildman–Crippen MR) is 143 cm³/mol. The summed E-state index contributed by atoms with van der Waals surface area (Å²) in [7, 11) is 0. The highest BCUT2D eigenvalue weighted by Gasteiger charge is 2.50. The van der Waals surface area contributed by atoms with E-state index in [-0.39, 0.29) is 0 Å². The van der Waals surface area contributed by atoms with Gasteiger partial charge in [-0.25, -0.2) is 0 Å². The van der Waals surface area contributed by atoms with Gasteiger partial charge in [-0.1, -0.05) is 67.6 Å². The lowest BCUT2D eigenvalue weighted by atomic mass is 9.32. The molecule has 2 aromatic carbocycles. The van der Waals surface area contributed by atoms with Crippen molar-refractivity contribution in [3.63, 3.8) is 0 Å². The first-order valence-corrected chi connectivity index (χ1v) is 12.9. The molecule has 0 radical (unpaired) electrons. The third-order valence-electron chi connectivity index (χ3n) is 9.22. The van der Waals surface area contributed by atoms with Crippen molar-refractivity contribution in [1.82, 2.24) is 4.57 Å². The van der Waals surface area contributed by atoms with E-state index in [1.165, 1.54) is 51.4 Å². The minimum Gasteiger partial charge on any atom is -0.334 e. The molecule has 0 spiro atoms. The standard InChI is InChI=1S/C31H25BN2/c1-18-16-17-23-31-28(18)21-9-3-5-13-25(21)34(31)27-15-7-14-26-29(27)32(23)22-11-6-10-20-19-8-2-4-12-24(19)33(26)30(20)22/h2,4-8,10-15,17-19,24H,3,9,16H2,1H3/t18-,19?,24?/m0/s1. The van der Waals surface area contributed by atoms with E-state index < -0.39 is 0 Å². The van der Waals surface area contributed by atoms with Gasteiger partial charge in [0.15, 0.2) is 0 Å². The van der Waals surface area contributed by atoms with Crippen LogP contribution in [0.1, 0.15) is 59.7 Å². The lowest BCUT2D eigenvalue weighted by molar-refractivity contribution is 0.744. The summed E-state index contributed by atoms with van der Waals surface area (Å²) in [4.78, 5) is 2.66. The zero-order chi connectivity index (χ0) is 22.1. The van der Waals surface area contributed by atoms with E-state index in [1.54, 1.807) is 16.6 Å². The molecule has 1 aromatic heterocycles. The quantitative estimate of drug-likeness (QED) is 0.421. The number of fused-ring (bicyclic) bond motifs is 10.